The molecule has 0 fully saturated rings. The van der Waals surface area contributed by atoms with Crippen molar-refractivity contribution in [1.82, 2.24) is 14.8 Å². The van der Waals surface area contributed by atoms with Gasteiger partial charge < -0.3 is 5.11 Å². The van der Waals surface area contributed by atoms with Crippen LogP contribution in [0.2, 0.25) is 10.0 Å². The van der Waals surface area contributed by atoms with Crippen LogP contribution in [0.5, 0.6) is 0 Å². The van der Waals surface area contributed by atoms with Crippen LogP contribution in [-0.2, 0) is 12.1 Å². The van der Waals surface area contributed by atoms with Crippen molar-refractivity contribution in [2.75, 3.05) is 0 Å². The van der Waals surface area contributed by atoms with E-state index in [1.807, 2.05) is 0 Å². The Morgan fingerprint density at radius 3 is 2.46 bits per heavy atom. The van der Waals surface area contributed by atoms with Crippen LogP contribution in [0.1, 0.15) is 15.9 Å². The van der Waals surface area contributed by atoms with Gasteiger partial charge in [-0.25, -0.2) is 9.67 Å². The number of carbonyl (C=O) groups is 1. The molecule has 0 radical (unpaired) electrons. The molecule has 7 heteroatoms. The normalized spacial score (nSPS) is 13.5. The molecule has 3 rings (SSSR count). The Labute approximate surface area is 148 Å². The predicted octanol–water partition coefficient (Wildman–Crippen LogP) is 3.36. The summed E-state index contributed by atoms with van der Waals surface area (Å²) in [6, 6.07) is 13.0. The van der Waals surface area contributed by atoms with E-state index < -0.39 is 11.4 Å². The molecular weight excluding hydrogens is 349 g/mol. The van der Waals surface area contributed by atoms with E-state index in [2.05, 4.69) is 10.1 Å². The van der Waals surface area contributed by atoms with Crippen LogP contribution in [-0.4, -0.2) is 25.7 Å². The minimum atomic E-state index is -1.86. The topological polar surface area (TPSA) is 68.0 Å². The third-order valence-electron chi connectivity index (χ3n) is 3.62. The van der Waals surface area contributed by atoms with E-state index in [1.165, 1.54) is 23.4 Å². The molecule has 122 valence electrons. The standard InChI is InChI=1S/C17H13Cl2N3O2/c18-14-5-1-3-12(7-14)16(23)17(24,9-22-11-20-10-21-22)13-4-2-6-15(19)8-13/h1-8,10-11,24H,9H2. The lowest BCUT2D eigenvalue weighted by Gasteiger charge is -2.27. The van der Waals surface area contributed by atoms with Gasteiger partial charge >= 0.3 is 0 Å². The van der Waals surface area contributed by atoms with Crippen molar-refractivity contribution in [3.63, 3.8) is 0 Å². The summed E-state index contributed by atoms with van der Waals surface area (Å²) in [6.45, 7) is -0.0985. The second kappa shape index (κ2) is 6.73. The van der Waals surface area contributed by atoms with Crippen molar-refractivity contribution in [1.29, 1.82) is 0 Å². The Morgan fingerprint density at radius 1 is 1.12 bits per heavy atom. The van der Waals surface area contributed by atoms with Gasteiger partial charge in [-0.2, -0.15) is 5.10 Å². The van der Waals surface area contributed by atoms with Crippen LogP contribution < -0.4 is 0 Å². The van der Waals surface area contributed by atoms with Gasteiger partial charge in [0, 0.05) is 15.6 Å². The van der Waals surface area contributed by atoms with Crippen LogP contribution in [0, 0.1) is 0 Å². The first-order valence-electron chi connectivity index (χ1n) is 7.10. The number of hydrogen-bond donors (Lipinski definition) is 1. The highest BCUT2D eigenvalue weighted by Crippen LogP contribution is 2.30. The lowest BCUT2D eigenvalue weighted by Crippen LogP contribution is -2.40. The first kappa shape index (κ1) is 16.6. The highest BCUT2D eigenvalue weighted by molar-refractivity contribution is 6.31. The zero-order valence-corrected chi connectivity index (χ0v) is 13.9. The Morgan fingerprint density at radius 2 is 1.83 bits per heavy atom. The van der Waals surface area contributed by atoms with Gasteiger partial charge in [0.15, 0.2) is 5.60 Å². The monoisotopic (exact) mass is 361 g/mol. The number of benzene rings is 2. The SMILES string of the molecule is O=C(c1cccc(Cl)c1)C(O)(Cn1cncn1)c1cccc(Cl)c1. The van der Waals surface area contributed by atoms with Crippen molar-refractivity contribution in [3.05, 3.63) is 82.4 Å². The summed E-state index contributed by atoms with van der Waals surface area (Å²) in [5.74, 6) is -0.497. The van der Waals surface area contributed by atoms with Crippen molar-refractivity contribution < 1.29 is 9.90 Å². The summed E-state index contributed by atoms with van der Waals surface area (Å²) < 4.78 is 1.39. The van der Waals surface area contributed by atoms with E-state index in [0.717, 1.165) is 0 Å². The molecule has 1 unspecified atom stereocenters. The Hall–Kier alpha value is -2.21. The minimum Gasteiger partial charge on any atom is -0.375 e. The molecule has 1 aromatic heterocycles. The van der Waals surface area contributed by atoms with Gasteiger partial charge in [-0.3, -0.25) is 4.79 Å². The number of rotatable bonds is 5. The van der Waals surface area contributed by atoms with E-state index in [0.29, 0.717) is 21.2 Å². The number of ketones is 1. The molecule has 0 saturated carbocycles. The molecule has 0 spiro atoms. The molecule has 0 amide bonds. The van der Waals surface area contributed by atoms with Crippen LogP contribution in [0.4, 0.5) is 0 Å². The van der Waals surface area contributed by atoms with E-state index in [4.69, 9.17) is 23.2 Å². The van der Waals surface area contributed by atoms with Gasteiger partial charge in [0.05, 0.1) is 6.54 Å². The molecule has 0 saturated heterocycles. The number of carbonyl (C=O) groups excluding carboxylic acids is 1. The van der Waals surface area contributed by atoms with Gasteiger partial charge in [0.1, 0.15) is 12.7 Å². The van der Waals surface area contributed by atoms with E-state index >= 15 is 0 Å². The molecule has 0 bridgehead atoms. The number of aliphatic hydroxyl groups is 1. The van der Waals surface area contributed by atoms with Crippen LogP contribution >= 0.6 is 23.2 Å². The van der Waals surface area contributed by atoms with Crippen molar-refractivity contribution in [2.24, 2.45) is 0 Å². The van der Waals surface area contributed by atoms with Gasteiger partial charge in [-0.15, -0.1) is 0 Å². The molecule has 24 heavy (non-hydrogen) atoms. The molecule has 3 aromatic rings. The first-order valence-corrected chi connectivity index (χ1v) is 7.86. The predicted molar refractivity (Wildman–Crippen MR) is 91.2 cm³/mol. The maximum absolute atomic E-state index is 13.0. The zero-order chi connectivity index (χ0) is 17.2. The third-order valence-corrected chi connectivity index (χ3v) is 4.09. The molecule has 0 aliphatic rings. The zero-order valence-electron chi connectivity index (χ0n) is 12.4. The highest BCUT2D eigenvalue weighted by atomic mass is 35.5. The molecule has 1 heterocycles. The lowest BCUT2D eigenvalue weighted by molar-refractivity contribution is 0.0182. The summed E-state index contributed by atoms with van der Waals surface area (Å²) >= 11 is 12.0. The molecular formula is C17H13Cl2N3O2. The van der Waals surface area contributed by atoms with E-state index in [9.17, 15) is 9.90 Å². The van der Waals surface area contributed by atoms with Crippen LogP contribution in [0.15, 0.2) is 61.2 Å². The molecule has 1 N–H and O–H groups in total. The summed E-state index contributed by atoms with van der Waals surface area (Å²) in [4.78, 5) is 16.9. The molecule has 0 aliphatic heterocycles. The van der Waals surface area contributed by atoms with Gasteiger partial charge in [-0.05, 0) is 29.8 Å². The fourth-order valence-electron chi connectivity index (χ4n) is 2.46. The molecule has 5 nitrogen and oxygen atoms in total. The summed E-state index contributed by atoms with van der Waals surface area (Å²) in [6.07, 6.45) is 2.77. The maximum Gasteiger partial charge on any atom is 0.200 e. The quantitative estimate of drug-likeness (QED) is 0.707. The Balaban J connectivity index is 2.09. The first-order chi connectivity index (χ1) is 11.5. The van der Waals surface area contributed by atoms with E-state index in [1.54, 1.807) is 42.5 Å². The molecule has 1 atom stereocenters. The van der Waals surface area contributed by atoms with Gasteiger partial charge in [0.25, 0.3) is 0 Å². The highest BCUT2D eigenvalue weighted by Gasteiger charge is 2.39. The summed E-state index contributed by atoms with van der Waals surface area (Å²) in [5.41, 5.74) is -1.19. The smallest absolute Gasteiger partial charge is 0.200 e. The second-order valence-electron chi connectivity index (χ2n) is 5.30. The summed E-state index contributed by atoms with van der Waals surface area (Å²) in [5, 5.41) is 16.1. The molecule has 0 aliphatic carbocycles. The lowest BCUT2D eigenvalue weighted by atomic mass is 9.86. The largest absolute Gasteiger partial charge is 0.375 e. The van der Waals surface area contributed by atoms with E-state index in [-0.39, 0.29) is 6.54 Å². The second-order valence-corrected chi connectivity index (χ2v) is 6.18. The van der Waals surface area contributed by atoms with Crippen LogP contribution in [0.3, 0.4) is 0 Å². The summed E-state index contributed by atoms with van der Waals surface area (Å²) in [7, 11) is 0. The minimum absolute atomic E-state index is 0.0985. The van der Waals surface area contributed by atoms with Crippen molar-refractivity contribution >= 4 is 29.0 Å². The Kier molecular flexibility index (Phi) is 4.66. The van der Waals surface area contributed by atoms with Crippen molar-refractivity contribution in [3.8, 4) is 0 Å². The fourth-order valence-corrected chi connectivity index (χ4v) is 2.84. The number of hydrogen-bond acceptors (Lipinski definition) is 4. The molecule has 2 aromatic carbocycles. The van der Waals surface area contributed by atoms with Gasteiger partial charge in [-0.1, -0.05) is 47.5 Å². The Bertz CT molecular complexity index is 868. The van der Waals surface area contributed by atoms with Crippen LogP contribution in [0.25, 0.3) is 0 Å². The van der Waals surface area contributed by atoms with Gasteiger partial charge in [0.2, 0.25) is 5.78 Å². The fraction of sp³-hybridized carbons (Fsp3) is 0.118. The number of nitrogens with zero attached hydrogens (tertiary/aromatic N) is 3. The number of halogens is 2. The number of Topliss-reactive ketones (excluding diaryl/α,β-unsaturated/α-hetero) is 1. The maximum atomic E-state index is 13.0. The van der Waals surface area contributed by atoms with Crippen molar-refractivity contribution in [2.45, 2.75) is 12.1 Å². The average Bonchev–Trinajstić information content (AvgIpc) is 3.07. The average molecular weight is 362 g/mol. The number of aromatic nitrogens is 3. The third kappa shape index (κ3) is 3.33.